The summed E-state index contributed by atoms with van der Waals surface area (Å²) in [5.74, 6) is 0.300. The Bertz CT molecular complexity index is 564. The first-order chi connectivity index (χ1) is 9.00. The van der Waals surface area contributed by atoms with Crippen molar-refractivity contribution in [2.24, 2.45) is 0 Å². The summed E-state index contributed by atoms with van der Waals surface area (Å²) in [4.78, 5) is 20.2. The summed E-state index contributed by atoms with van der Waals surface area (Å²) in [6.07, 6.45) is 4.60. The van der Waals surface area contributed by atoms with Crippen LogP contribution in [0.2, 0.25) is 0 Å². The van der Waals surface area contributed by atoms with Crippen LogP contribution in [0, 0.1) is 0 Å². The van der Waals surface area contributed by atoms with E-state index in [1.54, 1.807) is 18.3 Å². The summed E-state index contributed by atoms with van der Waals surface area (Å²) < 4.78 is 0. The molecule has 2 rings (SSSR count). The molecule has 0 aliphatic rings. The van der Waals surface area contributed by atoms with Crippen LogP contribution < -0.4 is 11.1 Å². The first-order valence-electron chi connectivity index (χ1n) is 5.93. The summed E-state index contributed by atoms with van der Waals surface area (Å²) in [6.45, 7) is 3.70. The topological polar surface area (TPSA) is 80.9 Å². The maximum absolute atomic E-state index is 12.3. The molecular weight excluding hydrogens is 240 g/mol. The number of aromatic nitrogens is 2. The van der Waals surface area contributed by atoms with E-state index in [1.807, 2.05) is 26.0 Å². The zero-order chi connectivity index (χ0) is 13.9. The molecule has 0 unspecified atom stereocenters. The van der Waals surface area contributed by atoms with Gasteiger partial charge in [0.15, 0.2) is 5.82 Å². The van der Waals surface area contributed by atoms with Gasteiger partial charge in [-0.1, -0.05) is 12.1 Å². The summed E-state index contributed by atoms with van der Waals surface area (Å²) >= 11 is 0. The van der Waals surface area contributed by atoms with Gasteiger partial charge in [-0.25, -0.2) is 4.98 Å². The Morgan fingerprint density at radius 1 is 1.21 bits per heavy atom. The number of nitrogens with one attached hydrogen (secondary N) is 1. The van der Waals surface area contributed by atoms with Gasteiger partial charge in [-0.2, -0.15) is 0 Å². The van der Waals surface area contributed by atoms with Crippen molar-refractivity contribution in [2.45, 2.75) is 19.3 Å². The molecule has 0 aliphatic heterocycles. The molecule has 3 N–H and O–H groups in total. The van der Waals surface area contributed by atoms with Gasteiger partial charge in [0.2, 0.25) is 5.91 Å². The summed E-state index contributed by atoms with van der Waals surface area (Å²) in [5.41, 5.74) is 6.54. The molecule has 2 aromatic rings. The molecule has 1 amide bonds. The number of nitrogens with zero attached hydrogens (tertiary/aromatic N) is 2. The molecule has 0 spiro atoms. The van der Waals surface area contributed by atoms with E-state index in [0.717, 1.165) is 5.56 Å². The number of rotatable bonds is 3. The quantitative estimate of drug-likeness (QED) is 0.823. The van der Waals surface area contributed by atoms with Gasteiger partial charge in [0.1, 0.15) is 0 Å². The van der Waals surface area contributed by atoms with Crippen LogP contribution in [0.5, 0.6) is 0 Å². The number of carbonyl (C=O) groups is 1. The average Bonchev–Trinajstić information content (AvgIpc) is 2.40. The zero-order valence-corrected chi connectivity index (χ0v) is 10.9. The number of amides is 1. The lowest BCUT2D eigenvalue weighted by atomic mass is 9.83. The Morgan fingerprint density at radius 2 is 1.89 bits per heavy atom. The first kappa shape index (κ1) is 13.0. The SMILES string of the molecule is CC(C)(C(=O)Nc1cnccn1)c1ccc(N)cc1. The van der Waals surface area contributed by atoms with Gasteiger partial charge in [0.05, 0.1) is 11.6 Å². The summed E-state index contributed by atoms with van der Waals surface area (Å²) in [6, 6.07) is 7.27. The number of anilines is 2. The van der Waals surface area contributed by atoms with E-state index in [1.165, 1.54) is 12.4 Å². The van der Waals surface area contributed by atoms with Gasteiger partial charge >= 0.3 is 0 Å². The van der Waals surface area contributed by atoms with E-state index in [4.69, 9.17) is 5.73 Å². The van der Waals surface area contributed by atoms with Gasteiger partial charge in [-0.05, 0) is 31.5 Å². The van der Waals surface area contributed by atoms with Gasteiger partial charge < -0.3 is 11.1 Å². The molecule has 0 bridgehead atoms. The number of nitrogen functional groups attached to an aromatic ring is 1. The van der Waals surface area contributed by atoms with E-state index in [-0.39, 0.29) is 5.91 Å². The number of benzene rings is 1. The second-order valence-corrected chi connectivity index (χ2v) is 4.79. The van der Waals surface area contributed by atoms with Crippen LogP contribution >= 0.6 is 0 Å². The van der Waals surface area contributed by atoms with Crippen LogP contribution in [0.1, 0.15) is 19.4 Å². The molecule has 0 aliphatic carbocycles. The Labute approximate surface area is 111 Å². The van der Waals surface area contributed by atoms with Gasteiger partial charge in [-0.3, -0.25) is 9.78 Å². The molecule has 1 aromatic heterocycles. The minimum atomic E-state index is -0.675. The number of nitrogens with two attached hydrogens (primary N) is 1. The van der Waals surface area contributed by atoms with Crippen LogP contribution in [0.3, 0.4) is 0 Å². The second kappa shape index (κ2) is 5.06. The Kier molecular flexibility index (Phi) is 3.46. The van der Waals surface area contributed by atoms with E-state index >= 15 is 0 Å². The standard InChI is InChI=1S/C14H16N4O/c1-14(2,10-3-5-11(15)6-4-10)13(19)18-12-9-16-7-8-17-12/h3-9H,15H2,1-2H3,(H,17,18,19). The van der Waals surface area contributed by atoms with Gasteiger partial charge in [-0.15, -0.1) is 0 Å². The zero-order valence-electron chi connectivity index (χ0n) is 10.9. The minimum absolute atomic E-state index is 0.141. The fraction of sp³-hybridized carbons (Fsp3) is 0.214. The average molecular weight is 256 g/mol. The third-order valence-corrected chi connectivity index (χ3v) is 3.00. The van der Waals surface area contributed by atoms with Crippen LogP contribution in [0.15, 0.2) is 42.9 Å². The number of hydrogen-bond acceptors (Lipinski definition) is 4. The van der Waals surface area contributed by atoms with Gasteiger partial charge in [0, 0.05) is 18.1 Å². The fourth-order valence-corrected chi connectivity index (χ4v) is 1.67. The van der Waals surface area contributed by atoms with Crippen molar-refractivity contribution in [3.63, 3.8) is 0 Å². The van der Waals surface area contributed by atoms with E-state index in [2.05, 4.69) is 15.3 Å². The molecular formula is C14H16N4O. The predicted molar refractivity (Wildman–Crippen MR) is 74.5 cm³/mol. The normalized spacial score (nSPS) is 11.1. The van der Waals surface area contributed by atoms with Crippen molar-refractivity contribution in [2.75, 3.05) is 11.1 Å². The van der Waals surface area contributed by atoms with Crippen molar-refractivity contribution in [3.8, 4) is 0 Å². The van der Waals surface area contributed by atoms with Crippen molar-refractivity contribution >= 4 is 17.4 Å². The molecule has 19 heavy (non-hydrogen) atoms. The van der Waals surface area contributed by atoms with Crippen molar-refractivity contribution in [1.29, 1.82) is 0 Å². The Morgan fingerprint density at radius 3 is 2.47 bits per heavy atom. The van der Waals surface area contributed by atoms with Crippen molar-refractivity contribution in [1.82, 2.24) is 9.97 Å². The highest BCUT2D eigenvalue weighted by atomic mass is 16.2. The van der Waals surface area contributed by atoms with E-state index in [0.29, 0.717) is 11.5 Å². The van der Waals surface area contributed by atoms with Crippen LogP contribution in [-0.2, 0) is 10.2 Å². The van der Waals surface area contributed by atoms with Crippen LogP contribution in [-0.4, -0.2) is 15.9 Å². The predicted octanol–water partition coefficient (Wildman–Crippen LogP) is 1.98. The molecule has 0 atom stereocenters. The lowest BCUT2D eigenvalue weighted by Gasteiger charge is -2.23. The highest BCUT2D eigenvalue weighted by molar-refractivity contribution is 5.97. The molecule has 0 saturated heterocycles. The van der Waals surface area contributed by atoms with Crippen LogP contribution in [0.4, 0.5) is 11.5 Å². The molecule has 1 heterocycles. The van der Waals surface area contributed by atoms with Gasteiger partial charge in [0.25, 0.3) is 0 Å². The monoisotopic (exact) mass is 256 g/mol. The third-order valence-electron chi connectivity index (χ3n) is 3.00. The van der Waals surface area contributed by atoms with E-state index < -0.39 is 5.41 Å². The van der Waals surface area contributed by atoms with Crippen molar-refractivity contribution in [3.05, 3.63) is 48.4 Å². The number of carbonyl (C=O) groups excluding carboxylic acids is 1. The third kappa shape index (κ3) is 2.88. The Balaban J connectivity index is 2.19. The molecule has 0 fully saturated rings. The van der Waals surface area contributed by atoms with Crippen LogP contribution in [0.25, 0.3) is 0 Å². The molecule has 5 nitrogen and oxygen atoms in total. The molecule has 1 aromatic carbocycles. The summed E-state index contributed by atoms with van der Waals surface area (Å²) in [5, 5.41) is 2.75. The lowest BCUT2D eigenvalue weighted by molar-refractivity contribution is -0.120. The minimum Gasteiger partial charge on any atom is -0.399 e. The second-order valence-electron chi connectivity index (χ2n) is 4.79. The van der Waals surface area contributed by atoms with E-state index in [9.17, 15) is 4.79 Å². The maximum Gasteiger partial charge on any atom is 0.235 e. The summed E-state index contributed by atoms with van der Waals surface area (Å²) in [7, 11) is 0. The first-order valence-corrected chi connectivity index (χ1v) is 5.93. The van der Waals surface area contributed by atoms with Crippen molar-refractivity contribution < 1.29 is 4.79 Å². The smallest absolute Gasteiger partial charge is 0.235 e. The molecule has 5 heteroatoms. The molecule has 0 saturated carbocycles. The largest absolute Gasteiger partial charge is 0.399 e. The lowest BCUT2D eigenvalue weighted by Crippen LogP contribution is -2.35. The Hall–Kier alpha value is -2.43. The fourth-order valence-electron chi connectivity index (χ4n) is 1.67. The molecule has 98 valence electrons. The number of hydrogen-bond donors (Lipinski definition) is 2. The maximum atomic E-state index is 12.3. The highest BCUT2D eigenvalue weighted by Gasteiger charge is 2.29. The highest BCUT2D eigenvalue weighted by Crippen LogP contribution is 2.25. The molecule has 0 radical (unpaired) electrons.